The van der Waals surface area contributed by atoms with Crippen LogP contribution in [-0.2, 0) is 20.6 Å². The minimum Gasteiger partial charge on any atom is -0.357 e. The Morgan fingerprint density at radius 3 is 1.97 bits per heavy atom. The van der Waals surface area contributed by atoms with E-state index in [0.717, 1.165) is 10.5 Å². The van der Waals surface area contributed by atoms with Crippen LogP contribution in [0, 0.1) is 5.92 Å². The highest BCUT2D eigenvalue weighted by Gasteiger charge is 2.39. The number of hydrogen-bond donors (Lipinski definition) is 5. The highest BCUT2D eigenvalue weighted by atomic mass is 31.2. The van der Waals surface area contributed by atoms with Crippen molar-refractivity contribution in [2.75, 3.05) is 13.6 Å². The summed E-state index contributed by atoms with van der Waals surface area (Å²) in [7, 11) is -3.36. The van der Waals surface area contributed by atoms with Crippen molar-refractivity contribution >= 4 is 31.2 Å². The van der Waals surface area contributed by atoms with Gasteiger partial charge in [-0.3, -0.25) is 34.0 Å². The van der Waals surface area contributed by atoms with Gasteiger partial charge >= 0.3 is 7.60 Å². The topological polar surface area (TPSA) is 165 Å². The van der Waals surface area contributed by atoms with Crippen molar-refractivity contribution in [1.29, 1.82) is 0 Å². The molecule has 0 saturated carbocycles. The molecule has 12 heteroatoms. The summed E-state index contributed by atoms with van der Waals surface area (Å²) in [5.74, 6) is -3.62. The van der Waals surface area contributed by atoms with Gasteiger partial charge in [0.1, 0.15) is 11.8 Å². The minimum absolute atomic E-state index is 0.0329. The Balaban J connectivity index is 1.75. The van der Waals surface area contributed by atoms with Crippen LogP contribution in [0.5, 0.6) is 0 Å². The molecule has 1 aliphatic heterocycles. The molecule has 2 aromatic carbocycles. The van der Waals surface area contributed by atoms with Gasteiger partial charge in [0.2, 0.25) is 11.8 Å². The number of hydrogen-bond acceptors (Lipinski definition) is 6. The molecular weight excluding hydrogens is 523 g/mol. The summed E-state index contributed by atoms with van der Waals surface area (Å²) in [5, 5.41) is 8.02. The van der Waals surface area contributed by atoms with Gasteiger partial charge in [-0.25, -0.2) is 0 Å². The van der Waals surface area contributed by atoms with Crippen LogP contribution in [-0.4, -0.2) is 69.8 Å². The predicted octanol–water partition coefficient (Wildman–Crippen LogP) is 1.65. The van der Waals surface area contributed by atoms with Crippen molar-refractivity contribution in [3.63, 3.8) is 0 Å². The maximum absolute atomic E-state index is 13.4. The van der Waals surface area contributed by atoms with Crippen LogP contribution in [0.25, 0.3) is 0 Å². The van der Waals surface area contributed by atoms with Gasteiger partial charge in [0, 0.05) is 20.0 Å². The Hall–Kier alpha value is -3.37. The number of carbonyl (C=O) groups excluding carboxylic acids is 4. The lowest BCUT2D eigenvalue weighted by Gasteiger charge is -2.29. The third-order valence-corrected chi connectivity index (χ3v) is 7.71. The van der Waals surface area contributed by atoms with E-state index in [9.17, 15) is 33.5 Å². The number of amides is 4. The van der Waals surface area contributed by atoms with E-state index < -0.39 is 49.1 Å². The van der Waals surface area contributed by atoms with Crippen molar-refractivity contribution < 1.29 is 33.5 Å². The van der Waals surface area contributed by atoms with Gasteiger partial charge in [-0.1, -0.05) is 56.3 Å². The van der Waals surface area contributed by atoms with Crippen LogP contribution in [0.4, 0.5) is 0 Å². The van der Waals surface area contributed by atoms with E-state index in [1.54, 1.807) is 12.1 Å². The van der Waals surface area contributed by atoms with Crippen molar-refractivity contribution in [3.8, 4) is 0 Å². The fourth-order valence-corrected chi connectivity index (χ4v) is 5.33. The average Bonchev–Trinajstić information content (AvgIpc) is 3.13. The van der Waals surface area contributed by atoms with Crippen molar-refractivity contribution in [2.45, 2.75) is 51.0 Å². The second-order valence-electron chi connectivity index (χ2n) is 9.92. The van der Waals surface area contributed by atoms with E-state index in [4.69, 9.17) is 0 Å². The van der Waals surface area contributed by atoms with E-state index in [2.05, 4.69) is 16.0 Å². The summed E-state index contributed by atoms with van der Waals surface area (Å²) < 4.78 is 12.4. The summed E-state index contributed by atoms with van der Waals surface area (Å²) in [6.45, 7) is 3.46. The first-order valence-corrected chi connectivity index (χ1v) is 14.4. The van der Waals surface area contributed by atoms with Crippen LogP contribution >= 0.6 is 7.60 Å². The van der Waals surface area contributed by atoms with Gasteiger partial charge in [-0.2, -0.15) is 0 Å². The summed E-state index contributed by atoms with van der Waals surface area (Å²) in [6, 6.07) is 13.5. The highest BCUT2D eigenvalue weighted by molar-refractivity contribution is 7.52. The molecule has 0 aliphatic carbocycles. The second-order valence-corrected chi connectivity index (χ2v) is 11.7. The number of nitrogens with one attached hydrogen (secondary N) is 3. The molecule has 3 rings (SSSR count). The Labute approximate surface area is 227 Å². The standard InChI is InChI=1S/C27H35N4O7P/c1-17(2)15-21(25(33)30-22(24(32)28-3)16-18-9-5-4-6-10-18)29-23(39(36,37)38)13-14-31-26(34)19-11-7-8-12-20(19)27(31)35/h4-12,17,21-23,29H,13-16H2,1-3H3,(H,28,32)(H,30,33)(H2,36,37,38)/t21-,22-,23?/m0/s1. The number of carbonyl (C=O) groups is 4. The van der Waals surface area contributed by atoms with Gasteiger partial charge in [-0.05, 0) is 36.5 Å². The molecule has 0 aromatic heterocycles. The van der Waals surface area contributed by atoms with Crippen LogP contribution in [0.3, 0.4) is 0 Å². The van der Waals surface area contributed by atoms with Crippen LogP contribution < -0.4 is 16.0 Å². The first-order valence-electron chi connectivity index (χ1n) is 12.7. The summed E-state index contributed by atoms with van der Waals surface area (Å²) in [6.07, 6.45) is 0.171. The molecule has 1 heterocycles. The number of fused-ring (bicyclic) bond motifs is 1. The van der Waals surface area contributed by atoms with E-state index in [-0.39, 0.29) is 42.9 Å². The average molecular weight is 559 g/mol. The van der Waals surface area contributed by atoms with Crippen molar-refractivity contribution in [2.24, 2.45) is 5.92 Å². The SMILES string of the molecule is CNC(=O)[C@H](Cc1ccccc1)NC(=O)[C@H](CC(C)C)NC(CCN1C(=O)c2ccccc2C1=O)P(=O)(O)O. The first-order chi connectivity index (χ1) is 18.4. The third kappa shape index (κ3) is 7.83. The normalized spacial score (nSPS) is 15.6. The zero-order chi connectivity index (χ0) is 28.7. The molecule has 1 aliphatic rings. The van der Waals surface area contributed by atoms with E-state index in [1.807, 2.05) is 44.2 Å². The number of rotatable bonds is 13. The Kier molecular flexibility index (Phi) is 10.2. The van der Waals surface area contributed by atoms with Crippen LogP contribution in [0.2, 0.25) is 0 Å². The smallest absolute Gasteiger partial charge is 0.342 e. The molecule has 5 N–H and O–H groups in total. The molecule has 39 heavy (non-hydrogen) atoms. The fourth-order valence-electron chi connectivity index (χ4n) is 4.50. The number of benzene rings is 2. The van der Waals surface area contributed by atoms with Gasteiger partial charge < -0.3 is 20.4 Å². The molecule has 1 unspecified atom stereocenters. The van der Waals surface area contributed by atoms with Gasteiger partial charge in [0.15, 0.2) is 0 Å². The van der Waals surface area contributed by atoms with Crippen molar-refractivity contribution in [3.05, 3.63) is 71.3 Å². The van der Waals surface area contributed by atoms with E-state index in [1.165, 1.54) is 19.2 Å². The minimum atomic E-state index is -4.82. The molecular formula is C27H35N4O7P. The Morgan fingerprint density at radius 1 is 0.897 bits per heavy atom. The summed E-state index contributed by atoms with van der Waals surface area (Å²) in [5.41, 5.74) is 1.30. The molecule has 0 bridgehead atoms. The van der Waals surface area contributed by atoms with Crippen LogP contribution in [0.1, 0.15) is 53.0 Å². The maximum atomic E-state index is 13.4. The summed E-state index contributed by atoms with van der Waals surface area (Å²) in [4.78, 5) is 72.4. The molecule has 4 amide bonds. The van der Waals surface area contributed by atoms with Gasteiger partial charge in [0.05, 0.1) is 17.2 Å². The highest BCUT2D eigenvalue weighted by Crippen LogP contribution is 2.42. The third-order valence-electron chi connectivity index (χ3n) is 6.49. The summed E-state index contributed by atoms with van der Waals surface area (Å²) >= 11 is 0. The number of nitrogens with zero attached hydrogens (tertiary/aromatic N) is 1. The van der Waals surface area contributed by atoms with Crippen LogP contribution in [0.15, 0.2) is 54.6 Å². The fraction of sp³-hybridized carbons (Fsp3) is 0.407. The zero-order valence-corrected chi connectivity index (χ0v) is 23.1. The molecule has 0 fully saturated rings. The molecule has 0 saturated heterocycles. The Bertz CT molecular complexity index is 1210. The largest absolute Gasteiger partial charge is 0.357 e. The quantitative estimate of drug-likeness (QED) is 0.183. The zero-order valence-electron chi connectivity index (χ0n) is 22.2. The molecule has 11 nitrogen and oxygen atoms in total. The molecule has 0 radical (unpaired) electrons. The lowest BCUT2D eigenvalue weighted by molar-refractivity contribution is -0.130. The number of likely N-dealkylation sites (N-methyl/N-ethyl adjacent to an activating group) is 1. The first kappa shape index (κ1) is 30.2. The van der Waals surface area contributed by atoms with E-state index in [0.29, 0.717) is 0 Å². The van der Waals surface area contributed by atoms with Gasteiger partial charge in [-0.15, -0.1) is 0 Å². The number of imide groups is 1. The van der Waals surface area contributed by atoms with Gasteiger partial charge in [0.25, 0.3) is 11.8 Å². The molecule has 3 atom stereocenters. The van der Waals surface area contributed by atoms with Crippen molar-refractivity contribution in [1.82, 2.24) is 20.9 Å². The lowest BCUT2D eigenvalue weighted by atomic mass is 10.0. The maximum Gasteiger partial charge on any atom is 0.342 e. The predicted molar refractivity (Wildman–Crippen MR) is 145 cm³/mol. The van der Waals surface area contributed by atoms with E-state index >= 15 is 0 Å². The monoisotopic (exact) mass is 558 g/mol. The second kappa shape index (κ2) is 13.1. The lowest BCUT2D eigenvalue weighted by Crippen LogP contribution is -2.55. The Morgan fingerprint density at radius 2 is 1.46 bits per heavy atom. The molecule has 2 aromatic rings. The molecule has 210 valence electrons. The molecule has 0 spiro atoms.